The van der Waals surface area contributed by atoms with Crippen LogP contribution in [0.25, 0.3) is 0 Å². The van der Waals surface area contributed by atoms with Crippen LogP contribution in [0.4, 0.5) is 0 Å². The summed E-state index contributed by atoms with van der Waals surface area (Å²) in [6.45, 7) is 2.07. The minimum Gasteiger partial charge on any atom is -0.487 e. The molecule has 1 N–H and O–H groups in total. The molecule has 2 unspecified atom stereocenters. The Bertz CT molecular complexity index is 1250. The zero-order chi connectivity index (χ0) is 24.8. The Kier molecular flexibility index (Phi) is 5.25. The Hall–Kier alpha value is -1.79. The highest BCUT2D eigenvalue weighted by Gasteiger charge is 2.73. The monoisotopic (exact) mass is 526 g/mol. The molecule has 5 atom stereocenters. The largest absolute Gasteiger partial charge is 0.487 e. The number of piperidine rings is 1. The second-order valence-corrected chi connectivity index (χ2v) is 12.5. The van der Waals surface area contributed by atoms with Crippen LogP contribution in [0.15, 0.2) is 36.4 Å². The molecule has 2 aliphatic heterocycles. The SMILES string of the molecule is CN(C(=O)Cc1ccc(Cl)c(Cl)c1)C1CC[C@@]2(O)[C@H]3Cc4cccc5c4[C@@]2(CCN3CC2CC2)C1O5. The van der Waals surface area contributed by atoms with Crippen LogP contribution < -0.4 is 4.74 Å². The number of likely N-dealkylation sites (N-methyl/N-ethyl adjacent to an activating group) is 1. The Morgan fingerprint density at radius 3 is 2.78 bits per heavy atom. The van der Waals surface area contributed by atoms with Crippen LogP contribution in [-0.2, 0) is 23.1 Å². The summed E-state index contributed by atoms with van der Waals surface area (Å²) in [5.41, 5.74) is 2.07. The van der Waals surface area contributed by atoms with Gasteiger partial charge in [0.25, 0.3) is 0 Å². The van der Waals surface area contributed by atoms with Crippen molar-refractivity contribution >= 4 is 29.1 Å². The fourth-order valence-electron chi connectivity index (χ4n) is 7.96. The quantitative estimate of drug-likeness (QED) is 0.617. The van der Waals surface area contributed by atoms with Gasteiger partial charge >= 0.3 is 0 Å². The zero-order valence-electron chi connectivity index (χ0n) is 20.6. The fourth-order valence-corrected chi connectivity index (χ4v) is 8.28. The van der Waals surface area contributed by atoms with Gasteiger partial charge in [0.1, 0.15) is 11.9 Å². The number of likely N-dealkylation sites (tertiary alicyclic amines) is 1. The standard InChI is InChI=1S/C29H32Cl2N2O3/c1-32(25(34)14-18-7-8-20(30)21(31)13-18)22-9-10-29(35)24-15-19-3-2-4-23-26(19)28(29,27(22)36-23)11-12-33(24)16-17-5-6-17/h2-4,7-8,13,17,22,24,27,35H,5-6,9-12,14-16H2,1H3/t22?,24-,27?,28+,29-/m1/s1. The van der Waals surface area contributed by atoms with Gasteiger partial charge < -0.3 is 14.7 Å². The van der Waals surface area contributed by atoms with Crippen molar-refractivity contribution in [3.63, 3.8) is 0 Å². The van der Waals surface area contributed by atoms with Crippen LogP contribution >= 0.6 is 23.2 Å². The first-order valence-corrected chi connectivity index (χ1v) is 14.0. The topological polar surface area (TPSA) is 53.0 Å². The number of carbonyl (C=O) groups is 1. The van der Waals surface area contributed by atoms with Crippen LogP contribution in [0.3, 0.4) is 0 Å². The molecule has 5 nitrogen and oxygen atoms in total. The predicted molar refractivity (Wildman–Crippen MR) is 140 cm³/mol. The second-order valence-electron chi connectivity index (χ2n) is 11.7. The fraction of sp³-hybridized carbons (Fsp3) is 0.552. The highest BCUT2D eigenvalue weighted by atomic mass is 35.5. The summed E-state index contributed by atoms with van der Waals surface area (Å²) < 4.78 is 6.73. The van der Waals surface area contributed by atoms with Gasteiger partial charge in [-0.2, -0.15) is 0 Å². The first-order chi connectivity index (χ1) is 17.3. The lowest BCUT2D eigenvalue weighted by atomic mass is 9.48. The van der Waals surface area contributed by atoms with Crippen LogP contribution in [0.5, 0.6) is 5.75 Å². The summed E-state index contributed by atoms with van der Waals surface area (Å²) in [4.78, 5) is 17.9. The van der Waals surface area contributed by atoms with Gasteiger partial charge in [0.05, 0.1) is 33.5 Å². The molecule has 1 amide bonds. The lowest BCUT2D eigenvalue weighted by Crippen LogP contribution is -2.78. The number of hydrogen-bond acceptors (Lipinski definition) is 4. The summed E-state index contributed by atoms with van der Waals surface area (Å²) in [7, 11) is 1.89. The molecule has 1 saturated heterocycles. The average Bonchev–Trinajstić information content (AvgIpc) is 3.60. The number of benzene rings is 2. The number of carbonyl (C=O) groups excluding carboxylic acids is 1. The van der Waals surface area contributed by atoms with Gasteiger partial charge in [-0.1, -0.05) is 41.4 Å². The van der Waals surface area contributed by atoms with E-state index in [-0.39, 0.29) is 30.5 Å². The van der Waals surface area contributed by atoms with E-state index in [9.17, 15) is 9.90 Å². The number of nitrogens with zero attached hydrogens (tertiary/aromatic N) is 2. The van der Waals surface area contributed by atoms with Crippen molar-refractivity contribution in [2.24, 2.45) is 5.92 Å². The molecule has 7 heteroatoms. The molecule has 2 aromatic rings. The maximum absolute atomic E-state index is 13.5. The molecule has 2 bridgehead atoms. The predicted octanol–water partition coefficient (Wildman–Crippen LogP) is 4.63. The van der Waals surface area contributed by atoms with Crippen molar-refractivity contribution < 1.29 is 14.6 Å². The molecule has 0 radical (unpaired) electrons. The van der Waals surface area contributed by atoms with Gasteiger partial charge in [-0.3, -0.25) is 9.69 Å². The van der Waals surface area contributed by atoms with Gasteiger partial charge in [0.15, 0.2) is 0 Å². The van der Waals surface area contributed by atoms with Crippen molar-refractivity contribution in [3.05, 3.63) is 63.1 Å². The molecule has 2 saturated carbocycles. The van der Waals surface area contributed by atoms with E-state index in [1.54, 1.807) is 12.1 Å². The van der Waals surface area contributed by atoms with Crippen LogP contribution in [-0.4, -0.2) is 64.7 Å². The number of aliphatic hydroxyl groups is 1. The first-order valence-electron chi connectivity index (χ1n) is 13.3. The molecule has 1 spiro atoms. The first kappa shape index (κ1) is 23.3. The van der Waals surface area contributed by atoms with E-state index < -0.39 is 11.0 Å². The summed E-state index contributed by atoms with van der Waals surface area (Å²) >= 11 is 12.3. The Balaban J connectivity index is 1.23. The zero-order valence-corrected chi connectivity index (χ0v) is 22.1. The third-order valence-corrected chi connectivity index (χ3v) is 10.6. The summed E-state index contributed by atoms with van der Waals surface area (Å²) in [6, 6.07) is 11.7. The molecule has 0 aromatic heterocycles. The Labute approximate surface area is 222 Å². The van der Waals surface area contributed by atoms with Crippen molar-refractivity contribution in [1.29, 1.82) is 0 Å². The van der Waals surface area contributed by atoms with E-state index in [4.69, 9.17) is 27.9 Å². The van der Waals surface area contributed by atoms with Gasteiger partial charge in [0.2, 0.25) is 5.91 Å². The number of halogens is 2. The van der Waals surface area contributed by atoms with Crippen molar-refractivity contribution in [1.82, 2.24) is 9.80 Å². The summed E-state index contributed by atoms with van der Waals surface area (Å²) in [5.74, 6) is 1.72. The molecule has 3 aliphatic carbocycles. The van der Waals surface area contributed by atoms with Gasteiger partial charge in [-0.25, -0.2) is 0 Å². The number of rotatable bonds is 5. The summed E-state index contributed by atoms with van der Waals surface area (Å²) in [6.07, 6.45) is 5.78. The van der Waals surface area contributed by atoms with Crippen LogP contribution in [0.2, 0.25) is 10.0 Å². The van der Waals surface area contributed by atoms with Crippen LogP contribution in [0, 0.1) is 5.92 Å². The maximum Gasteiger partial charge on any atom is 0.227 e. The van der Waals surface area contributed by atoms with Gasteiger partial charge in [-0.15, -0.1) is 0 Å². The molecular formula is C29H32Cl2N2O3. The van der Waals surface area contributed by atoms with E-state index >= 15 is 0 Å². The van der Waals surface area contributed by atoms with E-state index in [2.05, 4.69) is 23.1 Å². The Morgan fingerprint density at radius 2 is 2.00 bits per heavy atom. The molecular weight excluding hydrogens is 495 g/mol. The molecule has 2 heterocycles. The molecule has 2 aromatic carbocycles. The van der Waals surface area contributed by atoms with E-state index in [0.29, 0.717) is 16.5 Å². The van der Waals surface area contributed by atoms with Crippen molar-refractivity contribution in [3.8, 4) is 5.75 Å². The van der Waals surface area contributed by atoms with E-state index in [1.165, 1.54) is 24.0 Å². The van der Waals surface area contributed by atoms with E-state index in [1.807, 2.05) is 18.0 Å². The highest BCUT2D eigenvalue weighted by molar-refractivity contribution is 6.42. The lowest BCUT2D eigenvalue weighted by molar-refractivity contribution is -0.200. The van der Waals surface area contributed by atoms with Crippen molar-refractivity contribution in [2.75, 3.05) is 20.1 Å². The normalized spacial score (nSPS) is 34.2. The Morgan fingerprint density at radius 1 is 1.17 bits per heavy atom. The van der Waals surface area contributed by atoms with Crippen LogP contribution in [0.1, 0.15) is 48.8 Å². The van der Waals surface area contributed by atoms with Gasteiger partial charge in [-0.05, 0) is 80.3 Å². The third-order valence-electron chi connectivity index (χ3n) is 9.86. The average molecular weight is 527 g/mol. The minimum atomic E-state index is -0.839. The van der Waals surface area contributed by atoms with E-state index in [0.717, 1.165) is 49.6 Å². The minimum absolute atomic E-state index is 0.0264. The number of hydrogen-bond donors (Lipinski definition) is 1. The number of amides is 1. The molecule has 36 heavy (non-hydrogen) atoms. The number of ether oxygens (including phenoxy) is 1. The third kappa shape index (κ3) is 3.19. The molecule has 3 fully saturated rings. The van der Waals surface area contributed by atoms with Gasteiger partial charge in [0, 0.05) is 25.2 Å². The molecule has 190 valence electrons. The summed E-state index contributed by atoms with van der Waals surface area (Å²) in [5, 5.41) is 13.5. The molecule has 5 aliphatic rings. The maximum atomic E-state index is 13.5. The smallest absolute Gasteiger partial charge is 0.227 e. The molecule has 7 rings (SSSR count). The lowest BCUT2D eigenvalue weighted by Gasteiger charge is -2.64. The second kappa shape index (κ2) is 8.10. The van der Waals surface area contributed by atoms with Crippen molar-refractivity contribution in [2.45, 2.75) is 74.1 Å². The highest BCUT2D eigenvalue weighted by Crippen LogP contribution is 2.64.